The van der Waals surface area contributed by atoms with Gasteiger partial charge < -0.3 is 15.0 Å². The molecule has 1 saturated heterocycles. The van der Waals surface area contributed by atoms with Crippen molar-refractivity contribution in [2.45, 2.75) is 51.4 Å². The molecule has 212 valence electrons. The van der Waals surface area contributed by atoms with Gasteiger partial charge >= 0.3 is 5.97 Å². The standard InChI is InChI=1S/C28H32ClF2N5O3Si/c1-17(32-21-7-8-22(29)33-24(21)26(38)39-3)19-15-18(9-14-40(4,5)6)16-20-23(19)34-27(35(2)25(20)37)36-12-10-28(30,31)11-13-36/h7-8,15-17,32H,10-13H2,1-6H3/t17-/m1/s1. The Morgan fingerprint density at radius 3 is 2.50 bits per heavy atom. The number of rotatable bonds is 5. The van der Waals surface area contributed by atoms with Crippen LogP contribution in [0.25, 0.3) is 10.9 Å². The zero-order chi connectivity index (χ0) is 29.4. The molecular weight excluding hydrogens is 556 g/mol. The van der Waals surface area contributed by atoms with Gasteiger partial charge in [0.25, 0.3) is 11.5 Å². The Labute approximate surface area is 237 Å². The highest BCUT2D eigenvalue weighted by Gasteiger charge is 2.35. The van der Waals surface area contributed by atoms with Gasteiger partial charge in [-0.1, -0.05) is 37.2 Å². The zero-order valence-corrected chi connectivity index (χ0v) is 25.1. The molecule has 1 fully saturated rings. The van der Waals surface area contributed by atoms with E-state index < -0.39 is 26.0 Å². The molecule has 0 aliphatic carbocycles. The summed E-state index contributed by atoms with van der Waals surface area (Å²) in [7, 11) is 1.13. The van der Waals surface area contributed by atoms with Crippen LogP contribution in [-0.2, 0) is 11.8 Å². The Morgan fingerprint density at radius 1 is 1.20 bits per heavy atom. The van der Waals surface area contributed by atoms with Gasteiger partial charge in [0, 0.05) is 44.1 Å². The molecule has 1 aromatic carbocycles. The molecule has 1 atom stereocenters. The highest BCUT2D eigenvalue weighted by atomic mass is 35.5. The van der Waals surface area contributed by atoms with Crippen LogP contribution >= 0.6 is 11.6 Å². The molecule has 2 aromatic heterocycles. The van der Waals surface area contributed by atoms with Gasteiger partial charge in [-0.05, 0) is 31.2 Å². The van der Waals surface area contributed by atoms with Crippen molar-refractivity contribution in [3.63, 3.8) is 0 Å². The van der Waals surface area contributed by atoms with E-state index in [9.17, 15) is 18.4 Å². The van der Waals surface area contributed by atoms with Crippen LogP contribution in [0.2, 0.25) is 24.8 Å². The van der Waals surface area contributed by atoms with Crippen LogP contribution in [-0.4, -0.2) is 54.7 Å². The van der Waals surface area contributed by atoms with Gasteiger partial charge in [-0.2, -0.15) is 0 Å². The van der Waals surface area contributed by atoms with E-state index in [0.29, 0.717) is 33.7 Å². The average molecular weight is 588 g/mol. The number of hydrogen-bond acceptors (Lipinski definition) is 7. The third-order valence-corrected chi connectivity index (χ3v) is 7.71. The number of carbonyl (C=O) groups excluding carboxylic acids is 1. The van der Waals surface area contributed by atoms with Crippen LogP contribution in [0.4, 0.5) is 20.4 Å². The van der Waals surface area contributed by atoms with Crippen molar-refractivity contribution in [3.8, 4) is 11.5 Å². The van der Waals surface area contributed by atoms with Crippen LogP contribution in [0.3, 0.4) is 0 Å². The number of benzene rings is 1. The molecule has 8 nitrogen and oxygen atoms in total. The second-order valence-electron chi connectivity index (χ2n) is 11.0. The maximum absolute atomic E-state index is 13.9. The maximum Gasteiger partial charge on any atom is 0.358 e. The molecule has 0 unspecified atom stereocenters. The molecule has 0 spiro atoms. The number of halogens is 3. The molecule has 3 aromatic rings. The first kappa shape index (κ1) is 29.5. The molecule has 0 radical (unpaired) electrons. The number of aromatic nitrogens is 3. The Hall–Kier alpha value is -3.49. The van der Waals surface area contributed by atoms with Gasteiger partial charge in [-0.3, -0.25) is 9.36 Å². The van der Waals surface area contributed by atoms with Crippen molar-refractivity contribution in [1.82, 2.24) is 14.5 Å². The molecule has 0 saturated carbocycles. The van der Waals surface area contributed by atoms with Gasteiger partial charge in [0.15, 0.2) is 5.69 Å². The number of piperidine rings is 1. The van der Waals surface area contributed by atoms with E-state index in [-0.39, 0.29) is 42.3 Å². The molecule has 40 heavy (non-hydrogen) atoms. The van der Waals surface area contributed by atoms with E-state index in [2.05, 4.69) is 41.4 Å². The summed E-state index contributed by atoms with van der Waals surface area (Å²) in [4.78, 5) is 36.7. The highest BCUT2D eigenvalue weighted by molar-refractivity contribution is 6.83. The largest absolute Gasteiger partial charge is 0.464 e. The summed E-state index contributed by atoms with van der Waals surface area (Å²) in [5.74, 6) is 0.159. The average Bonchev–Trinajstić information content (AvgIpc) is 2.89. The number of esters is 1. The van der Waals surface area contributed by atoms with E-state index in [0.717, 1.165) is 0 Å². The summed E-state index contributed by atoms with van der Waals surface area (Å²) in [6.45, 7) is 8.41. The van der Waals surface area contributed by atoms with Crippen molar-refractivity contribution in [3.05, 3.63) is 56.6 Å². The second kappa shape index (κ2) is 11.2. The number of fused-ring (bicyclic) bond motifs is 1. The summed E-state index contributed by atoms with van der Waals surface area (Å²) >= 11 is 6.03. The number of nitrogens with one attached hydrogen (secondary N) is 1. The number of hydrogen-bond donors (Lipinski definition) is 1. The van der Waals surface area contributed by atoms with Crippen LogP contribution in [0.5, 0.6) is 0 Å². The lowest BCUT2D eigenvalue weighted by molar-refractivity contribution is -0.0223. The van der Waals surface area contributed by atoms with Crippen LogP contribution in [0.1, 0.15) is 47.4 Å². The normalized spacial score (nSPS) is 15.8. The van der Waals surface area contributed by atoms with Crippen molar-refractivity contribution in [1.29, 1.82) is 0 Å². The van der Waals surface area contributed by atoms with Crippen LogP contribution < -0.4 is 15.8 Å². The summed E-state index contributed by atoms with van der Waals surface area (Å²) in [6, 6.07) is 6.30. The lowest BCUT2D eigenvalue weighted by atomic mass is 10.0. The maximum atomic E-state index is 13.9. The lowest BCUT2D eigenvalue weighted by Crippen LogP contribution is -2.42. The number of methoxy groups -OCH3 is 1. The smallest absolute Gasteiger partial charge is 0.358 e. The molecule has 4 rings (SSSR count). The fourth-order valence-corrected chi connectivity index (χ4v) is 5.15. The van der Waals surface area contributed by atoms with Crippen LogP contribution in [0, 0.1) is 11.5 Å². The van der Waals surface area contributed by atoms with Gasteiger partial charge in [0.2, 0.25) is 5.95 Å². The minimum absolute atomic E-state index is 0.0136. The molecule has 1 aliphatic heterocycles. The van der Waals surface area contributed by atoms with E-state index in [1.807, 2.05) is 13.0 Å². The van der Waals surface area contributed by atoms with E-state index in [1.54, 1.807) is 30.1 Å². The second-order valence-corrected chi connectivity index (χ2v) is 16.1. The monoisotopic (exact) mass is 587 g/mol. The third kappa shape index (κ3) is 6.45. The molecule has 1 aliphatic rings. The highest BCUT2D eigenvalue weighted by Crippen LogP contribution is 2.32. The van der Waals surface area contributed by atoms with E-state index in [1.165, 1.54) is 11.7 Å². The first-order valence-corrected chi connectivity index (χ1v) is 16.8. The number of nitrogens with zero attached hydrogens (tertiary/aromatic N) is 4. The van der Waals surface area contributed by atoms with Gasteiger partial charge in [-0.25, -0.2) is 23.5 Å². The van der Waals surface area contributed by atoms with E-state index in [4.69, 9.17) is 21.3 Å². The predicted molar refractivity (Wildman–Crippen MR) is 156 cm³/mol. The summed E-state index contributed by atoms with van der Waals surface area (Å²) in [5.41, 5.74) is 5.18. The first-order chi connectivity index (χ1) is 18.7. The third-order valence-electron chi connectivity index (χ3n) is 6.62. The quantitative estimate of drug-likeness (QED) is 0.185. The Morgan fingerprint density at radius 2 is 1.88 bits per heavy atom. The summed E-state index contributed by atoms with van der Waals surface area (Å²) < 4.78 is 34.0. The summed E-state index contributed by atoms with van der Waals surface area (Å²) in [5, 5.41) is 3.78. The van der Waals surface area contributed by atoms with Gasteiger partial charge in [0.1, 0.15) is 13.2 Å². The molecule has 3 heterocycles. The summed E-state index contributed by atoms with van der Waals surface area (Å²) in [6.07, 6.45) is -0.617. The Bertz CT molecular complexity index is 1580. The number of alkyl halides is 2. The Balaban J connectivity index is 1.88. The lowest BCUT2D eigenvalue weighted by Gasteiger charge is -2.33. The zero-order valence-electron chi connectivity index (χ0n) is 23.4. The molecule has 0 bridgehead atoms. The van der Waals surface area contributed by atoms with Crippen molar-refractivity contribution in [2.24, 2.45) is 7.05 Å². The van der Waals surface area contributed by atoms with E-state index >= 15 is 0 Å². The topological polar surface area (TPSA) is 89.3 Å². The van der Waals surface area contributed by atoms with Gasteiger partial charge in [-0.15, -0.1) is 5.54 Å². The fourth-order valence-electron chi connectivity index (χ4n) is 4.48. The number of carbonyl (C=O) groups is 1. The van der Waals surface area contributed by atoms with Crippen molar-refractivity contribution < 1.29 is 18.3 Å². The molecule has 1 N–H and O–H groups in total. The molecule has 0 amide bonds. The van der Waals surface area contributed by atoms with Crippen molar-refractivity contribution >= 4 is 48.2 Å². The first-order valence-electron chi connectivity index (χ1n) is 12.9. The predicted octanol–water partition coefficient (Wildman–Crippen LogP) is 5.41. The number of anilines is 2. The number of ether oxygens (including phenoxy) is 1. The minimum Gasteiger partial charge on any atom is -0.464 e. The SMILES string of the molecule is COC(=O)c1nc(Cl)ccc1N[C@H](C)c1cc(C#C[Si](C)(C)C)cc2c(=O)n(C)c(N3CCC(F)(F)CC3)nc12. The fraction of sp³-hybridized carbons (Fsp3) is 0.429. The molecule has 12 heteroatoms. The van der Waals surface area contributed by atoms with Gasteiger partial charge in [0.05, 0.1) is 29.7 Å². The minimum atomic E-state index is -2.73. The van der Waals surface area contributed by atoms with Crippen molar-refractivity contribution in [2.75, 3.05) is 30.4 Å². The molecular formula is C28H32ClF2N5O3Si. The number of pyridine rings is 1. The Kier molecular flexibility index (Phi) is 8.24. The van der Waals surface area contributed by atoms with Crippen LogP contribution in [0.15, 0.2) is 29.1 Å².